The van der Waals surface area contributed by atoms with Gasteiger partial charge in [-0.25, -0.2) is 0 Å². The van der Waals surface area contributed by atoms with Crippen LogP contribution in [0, 0.1) is 0 Å². The van der Waals surface area contributed by atoms with Crippen LogP contribution >= 0.6 is 11.3 Å². The summed E-state index contributed by atoms with van der Waals surface area (Å²) in [5.74, 6) is 0.943. The molecule has 146 valence electrons. The molecule has 1 aromatic heterocycles. The molecule has 0 unspecified atom stereocenters. The fourth-order valence-electron chi connectivity index (χ4n) is 2.74. The maximum atomic E-state index is 12.4. The first kappa shape index (κ1) is 19.9. The zero-order valence-electron chi connectivity index (χ0n) is 16.0. The second-order valence-corrected chi connectivity index (χ2v) is 6.91. The van der Waals surface area contributed by atoms with Gasteiger partial charge in [0.15, 0.2) is 16.3 Å². The summed E-state index contributed by atoms with van der Waals surface area (Å²) in [6.45, 7) is 1.07. The van der Waals surface area contributed by atoms with E-state index in [1.807, 2.05) is 47.0 Å². The molecule has 6 nitrogen and oxygen atoms in total. The summed E-state index contributed by atoms with van der Waals surface area (Å²) < 4.78 is 18.9. The molecular formula is C21H22N2O4S. The average molecular weight is 398 g/mol. The quantitative estimate of drug-likeness (QED) is 0.572. The standard InChI is InChI=1S/C21H22N2O4S/c1-25-12-11-23-16-13-17(26-2)18(27-3)14-19(16)28-21(23)22-20(24)10-9-15-7-5-4-6-8-15/h4-10,13-14H,11-12H2,1-3H3. The molecule has 7 heteroatoms. The maximum absolute atomic E-state index is 12.4. The molecule has 0 saturated carbocycles. The van der Waals surface area contributed by atoms with Gasteiger partial charge in [0.2, 0.25) is 0 Å². The van der Waals surface area contributed by atoms with Gasteiger partial charge in [-0.2, -0.15) is 4.99 Å². The molecule has 0 spiro atoms. The highest BCUT2D eigenvalue weighted by Crippen LogP contribution is 2.33. The van der Waals surface area contributed by atoms with Crippen LogP contribution in [0.2, 0.25) is 0 Å². The van der Waals surface area contributed by atoms with E-state index in [1.165, 1.54) is 17.4 Å². The summed E-state index contributed by atoms with van der Waals surface area (Å²) in [6.07, 6.45) is 3.23. The minimum absolute atomic E-state index is 0.319. The van der Waals surface area contributed by atoms with E-state index in [-0.39, 0.29) is 5.91 Å². The van der Waals surface area contributed by atoms with E-state index < -0.39 is 0 Å². The second kappa shape index (κ2) is 9.34. The first-order chi connectivity index (χ1) is 13.7. The van der Waals surface area contributed by atoms with Gasteiger partial charge in [0.05, 0.1) is 31.0 Å². The Kier molecular flexibility index (Phi) is 6.62. The lowest BCUT2D eigenvalue weighted by atomic mass is 10.2. The predicted octanol–water partition coefficient (Wildman–Crippen LogP) is 3.51. The summed E-state index contributed by atoms with van der Waals surface area (Å²) in [5, 5.41) is 0. The number of carbonyl (C=O) groups excluding carboxylic acids is 1. The third-order valence-electron chi connectivity index (χ3n) is 4.13. The molecule has 28 heavy (non-hydrogen) atoms. The van der Waals surface area contributed by atoms with Crippen molar-refractivity contribution in [2.24, 2.45) is 4.99 Å². The van der Waals surface area contributed by atoms with Crippen LogP contribution in [-0.2, 0) is 16.1 Å². The van der Waals surface area contributed by atoms with E-state index in [9.17, 15) is 4.79 Å². The molecule has 0 aliphatic rings. The van der Waals surface area contributed by atoms with Gasteiger partial charge in [0.25, 0.3) is 5.91 Å². The summed E-state index contributed by atoms with van der Waals surface area (Å²) in [4.78, 5) is 17.3. The van der Waals surface area contributed by atoms with Gasteiger partial charge in [0, 0.05) is 31.9 Å². The summed E-state index contributed by atoms with van der Waals surface area (Å²) >= 11 is 1.42. The molecule has 0 bridgehead atoms. The van der Waals surface area contributed by atoms with Gasteiger partial charge in [-0.1, -0.05) is 41.7 Å². The minimum Gasteiger partial charge on any atom is -0.493 e. The van der Waals surface area contributed by atoms with Crippen LogP contribution < -0.4 is 14.3 Å². The van der Waals surface area contributed by atoms with Crippen LogP contribution in [0.1, 0.15) is 5.56 Å². The Morgan fingerprint density at radius 1 is 1.11 bits per heavy atom. The van der Waals surface area contributed by atoms with E-state index in [2.05, 4.69) is 4.99 Å². The number of fused-ring (bicyclic) bond motifs is 1. The van der Waals surface area contributed by atoms with Crippen molar-refractivity contribution in [2.45, 2.75) is 6.54 Å². The number of thiazole rings is 1. The average Bonchev–Trinajstić information content (AvgIpc) is 3.05. The van der Waals surface area contributed by atoms with Gasteiger partial charge in [-0.3, -0.25) is 4.79 Å². The number of ether oxygens (including phenoxy) is 3. The zero-order chi connectivity index (χ0) is 19.9. The Balaban J connectivity index is 2.03. The third kappa shape index (κ3) is 4.49. The number of nitrogens with zero attached hydrogens (tertiary/aromatic N) is 2. The Morgan fingerprint density at radius 3 is 2.50 bits per heavy atom. The molecule has 3 rings (SSSR count). The number of amides is 1. The maximum Gasteiger partial charge on any atom is 0.272 e. The highest BCUT2D eigenvalue weighted by molar-refractivity contribution is 7.16. The SMILES string of the molecule is COCCn1c(=NC(=O)C=Cc2ccccc2)sc2cc(OC)c(OC)cc21. The molecule has 3 aromatic rings. The molecule has 0 radical (unpaired) electrons. The summed E-state index contributed by atoms with van der Waals surface area (Å²) in [5.41, 5.74) is 1.86. The Hall–Kier alpha value is -2.90. The van der Waals surface area contributed by atoms with Crippen molar-refractivity contribution in [1.29, 1.82) is 0 Å². The zero-order valence-corrected chi connectivity index (χ0v) is 16.9. The number of hydrogen-bond donors (Lipinski definition) is 0. The fourth-order valence-corrected chi connectivity index (χ4v) is 3.82. The first-order valence-corrected chi connectivity index (χ1v) is 9.54. The van der Waals surface area contributed by atoms with Crippen molar-refractivity contribution in [3.8, 4) is 11.5 Å². The van der Waals surface area contributed by atoms with Crippen molar-refractivity contribution in [2.75, 3.05) is 27.9 Å². The lowest BCUT2D eigenvalue weighted by Gasteiger charge is -2.09. The lowest BCUT2D eigenvalue weighted by Crippen LogP contribution is -2.19. The summed E-state index contributed by atoms with van der Waals surface area (Å²) in [6, 6.07) is 13.4. The van der Waals surface area contributed by atoms with E-state index >= 15 is 0 Å². The molecule has 1 amide bonds. The first-order valence-electron chi connectivity index (χ1n) is 8.72. The monoisotopic (exact) mass is 398 g/mol. The van der Waals surface area contributed by atoms with E-state index in [4.69, 9.17) is 14.2 Å². The Bertz CT molecular complexity index is 1050. The van der Waals surface area contributed by atoms with Crippen LogP contribution in [0.5, 0.6) is 11.5 Å². The van der Waals surface area contributed by atoms with Crippen LogP contribution in [0.3, 0.4) is 0 Å². The highest BCUT2D eigenvalue weighted by Gasteiger charge is 2.13. The van der Waals surface area contributed by atoms with Crippen LogP contribution in [-0.4, -0.2) is 38.4 Å². The Labute approximate surface area is 167 Å². The van der Waals surface area contributed by atoms with E-state index in [1.54, 1.807) is 27.4 Å². The molecule has 0 saturated heterocycles. The fraction of sp³-hybridized carbons (Fsp3) is 0.238. The van der Waals surface area contributed by atoms with Gasteiger partial charge < -0.3 is 18.8 Å². The third-order valence-corrected chi connectivity index (χ3v) is 5.17. The Morgan fingerprint density at radius 2 is 1.82 bits per heavy atom. The molecule has 0 N–H and O–H groups in total. The summed E-state index contributed by atoms with van der Waals surface area (Å²) in [7, 11) is 4.83. The molecule has 2 aromatic carbocycles. The molecule has 0 aliphatic carbocycles. The predicted molar refractivity (Wildman–Crippen MR) is 111 cm³/mol. The van der Waals surface area contributed by atoms with Gasteiger partial charge in [-0.05, 0) is 11.6 Å². The highest BCUT2D eigenvalue weighted by atomic mass is 32.1. The molecule has 0 atom stereocenters. The normalized spacial score (nSPS) is 12.0. The number of carbonyl (C=O) groups is 1. The van der Waals surface area contributed by atoms with Crippen molar-refractivity contribution in [1.82, 2.24) is 4.57 Å². The number of benzene rings is 2. The van der Waals surface area contributed by atoms with Gasteiger partial charge in [0.1, 0.15) is 0 Å². The van der Waals surface area contributed by atoms with E-state index in [0.717, 1.165) is 15.8 Å². The van der Waals surface area contributed by atoms with Crippen LogP contribution in [0.4, 0.5) is 0 Å². The van der Waals surface area contributed by atoms with Crippen molar-refractivity contribution >= 4 is 33.5 Å². The lowest BCUT2D eigenvalue weighted by molar-refractivity contribution is -0.113. The molecule has 1 heterocycles. The van der Waals surface area contributed by atoms with Gasteiger partial charge in [-0.15, -0.1) is 0 Å². The smallest absolute Gasteiger partial charge is 0.272 e. The molecule has 0 fully saturated rings. The molecular weight excluding hydrogens is 376 g/mol. The van der Waals surface area contributed by atoms with Crippen LogP contribution in [0.25, 0.3) is 16.3 Å². The number of aromatic nitrogens is 1. The number of methoxy groups -OCH3 is 3. The van der Waals surface area contributed by atoms with Crippen molar-refractivity contribution < 1.29 is 19.0 Å². The number of hydrogen-bond acceptors (Lipinski definition) is 5. The molecule has 0 aliphatic heterocycles. The number of rotatable bonds is 7. The van der Waals surface area contributed by atoms with Crippen molar-refractivity contribution in [3.05, 3.63) is 58.9 Å². The van der Waals surface area contributed by atoms with Crippen molar-refractivity contribution in [3.63, 3.8) is 0 Å². The topological polar surface area (TPSA) is 62.1 Å². The van der Waals surface area contributed by atoms with E-state index in [0.29, 0.717) is 29.5 Å². The largest absolute Gasteiger partial charge is 0.493 e. The minimum atomic E-state index is -0.319. The second-order valence-electron chi connectivity index (χ2n) is 5.90. The van der Waals surface area contributed by atoms with Crippen LogP contribution in [0.15, 0.2) is 53.5 Å². The van der Waals surface area contributed by atoms with Gasteiger partial charge >= 0.3 is 0 Å².